The van der Waals surface area contributed by atoms with Crippen LogP contribution in [0.15, 0.2) is 12.4 Å². The molecule has 118 valence electrons. The number of carbonyl (C=O) groups is 1. The molecule has 1 fully saturated rings. The molecule has 0 aliphatic carbocycles. The average molecular weight is 322 g/mol. The van der Waals surface area contributed by atoms with Crippen LogP contribution >= 0.6 is 11.3 Å². The first kappa shape index (κ1) is 14.9. The van der Waals surface area contributed by atoms with Gasteiger partial charge in [-0.1, -0.05) is 11.3 Å². The van der Waals surface area contributed by atoms with Crippen molar-refractivity contribution in [3.8, 4) is 0 Å². The Balaban J connectivity index is 1.62. The predicted molar refractivity (Wildman–Crippen MR) is 81.8 cm³/mol. The van der Waals surface area contributed by atoms with Gasteiger partial charge < -0.3 is 10.1 Å². The summed E-state index contributed by atoms with van der Waals surface area (Å²) < 4.78 is 7.59. The van der Waals surface area contributed by atoms with E-state index < -0.39 is 0 Å². The Morgan fingerprint density at radius 3 is 3.09 bits per heavy atom. The highest BCUT2D eigenvalue weighted by atomic mass is 32.1. The van der Waals surface area contributed by atoms with Crippen LogP contribution < -0.4 is 10.6 Å². The number of nitrogens with one attached hydrogen (secondary N) is 2. The maximum atomic E-state index is 12.1. The topological polar surface area (TPSA) is 94.0 Å². The summed E-state index contributed by atoms with van der Waals surface area (Å²) in [6, 6.07) is -0.372. The number of hydrogen-bond donors (Lipinski definition) is 2. The van der Waals surface area contributed by atoms with Crippen molar-refractivity contribution >= 4 is 22.5 Å². The highest BCUT2D eigenvalue weighted by Gasteiger charge is 2.32. The number of anilines is 1. The quantitative estimate of drug-likeness (QED) is 0.894. The highest BCUT2D eigenvalue weighted by Crippen LogP contribution is 2.29. The van der Waals surface area contributed by atoms with E-state index in [1.165, 1.54) is 11.3 Å². The number of hydrogen-bond acceptors (Lipinski definition) is 6. The zero-order chi connectivity index (χ0) is 15.5. The average Bonchev–Trinajstić information content (AvgIpc) is 3.19. The smallest absolute Gasteiger partial charge is 0.321 e. The minimum atomic E-state index is -0.292. The molecule has 0 bridgehead atoms. The van der Waals surface area contributed by atoms with E-state index in [4.69, 9.17) is 4.74 Å². The number of carbonyl (C=O) groups excluding carboxylic acids is 1. The summed E-state index contributed by atoms with van der Waals surface area (Å²) in [5.74, 6) is 0. The van der Waals surface area contributed by atoms with Gasteiger partial charge in [-0.05, 0) is 20.3 Å². The normalized spacial score (nSPS) is 21.0. The van der Waals surface area contributed by atoms with E-state index in [1.807, 2.05) is 24.7 Å². The third-order valence-corrected chi connectivity index (χ3v) is 4.21. The SMILES string of the molecule is CCn1cc([C@H]2OCC[C@@H]2NC(=O)Nc2nnc(C)s2)cn1. The van der Waals surface area contributed by atoms with E-state index in [0.29, 0.717) is 11.7 Å². The van der Waals surface area contributed by atoms with Crippen LogP contribution in [0.4, 0.5) is 9.93 Å². The van der Waals surface area contributed by atoms with Crippen LogP contribution in [0.5, 0.6) is 0 Å². The summed E-state index contributed by atoms with van der Waals surface area (Å²) in [6.07, 6.45) is 4.35. The highest BCUT2D eigenvalue weighted by molar-refractivity contribution is 7.15. The van der Waals surface area contributed by atoms with E-state index in [9.17, 15) is 4.79 Å². The lowest BCUT2D eigenvalue weighted by Gasteiger charge is -2.18. The fourth-order valence-corrected chi connectivity index (χ4v) is 3.00. The lowest BCUT2D eigenvalue weighted by molar-refractivity contribution is 0.100. The number of aryl methyl sites for hydroxylation is 2. The number of aromatic nitrogens is 4. The van der Waals surface area contributed by atoms with E-state index in [0.717, 1.165) is 23.5 Å². The van der Waals surface area contributed by atoms with E-state index in [2.05, 4.69) is 25.9 Å². The fourth-order valence-electron chi connectivity index (χ4n) is 2.41. The van der Waals surface area contributed by atoms with Crippen LogP contribution in [0.3, 0.4) is 0 Å². The number of ether oxygens (including phenoxy) is 1. The van der Waals surface area contributed by atoms with Gasteiger partial charge in [-0.25, -0.2) is 4.79 Å². The molecule has 0 saturated carbocycles. The minimum Gasteiger partial charge on any atom is -0.371 e. The second kappa shape index (κ2) is 6.41. The number of amides is 2. The van der Waals surface area contributed by atoms with Crippen molar-refractivity contribution in [2.45, 2.75) is 39.0 Å². The zero-order valence-electron chi connectivity index (χ0n) is 12.4. The van der Waals surface area contributed by atoms with Crippen molar-refractivity contribution in [3.63, 3.8) is 0 Å². The van der Waals surface area contributed by atoms with Crippen LogP contribution in [0.25, 0.3) is 0 Å². The Kier molecular flexibility index (Phi) is 4.34. The molecule has 2 amide bonds. The maximum Gasteiger partial charge on any atom is 0.321 e. The standard InChI is InChI=1S/C13H18N6O2S/c1-3-19-7-9(6-14-19)11-10(4-5-21-11)15-12(20)16-13-18-17-8(2)22-13/h6-7,10-11H,3-5H2,1-2H3,(H2,15,16,18,20)/t10-,11+/m0/s1. The minimum absolute atomic E-state index is 0.0801. The van der Waals surface area contributed by atoms with Crippen LogP contribution in [0.2, 0.25) is 0 Å². The summed E-state index contributed by atoms with van der Waals surface area (Å²) in [4.78, 5) is 12.1. The first-order chi connectivity index (χ1) is 10.7. The van der Waals surface area contributed by atoms with Gasteiger partial charge in [0.2, 0.25) is 5.13 Å². The van der Waals surface area contributed by atoms with Crippen molar-refractivity contribution in [1.82, 2.24) is 25.3 Å². The summed E-state index contributed by atoms with van der Waals surface area (Å²) in [7, 11) is 0. The third kappa shape index (κ3) is 3.25. The van der Waals surface area contributed by atoms with Gasteiger partial charge in [0.15, 0.2) is 0 Å². The molecule has 9 heteroatoms. The molecule has 22 heavy (non-hydrogen) atoms. The van der Waals surface area contributed by atoms with Crippen molar-refractivity contribution in [3.05, 3.63) is 23.0 Å². The molecule has 1 aliphatic rings. The van der Waals surface area contributed by atoms with Gasteiger partial charge in [0.05, 0.1) is 12.2 Å². The van der Waals surface area contributed by atoms with Crippen molar-refractivity contribution in [1.29, 1.82) is 0 Å². The molecule has 2 atom stereocenters. The van der Waals surface area contributed by atoms with E-state index in [1.54, 1.807) is 6.20 Å². The second-order valence-electron chi connectivity index (χ2n) is 5.04. The Hall–Kier alpha value is -2.00. The molecule has 0 spiro atoms. The molecule has 0 aromatic carbocycles. The molecule has 3 heterocycles. The second-order valence-corrected chi connectivity index (χ2v) is 6.22. The van der Waals surface area contributed by atoms with Crippen LogP contribution in [0.1, 0.15) is 30.0 Å². The molecular weight excluding hydrogens is 304 g/mol. The molecule has 2 aromatic rings. The van der Waals surface area contributed by atoms with Gasteiger partial charge in [0.25, 0.3) is 0 Å². The zero-order valence-corrected chi connectivity index (χ0v) is 13.3. The Bertz CT molecular complexity index is 655. The number of urea groups is 1. The van der Waals surface area contributed by atoms with Gasteiger partial charge in [-0.2, -0.15) is 5.10 Å². The van der Waals surface area contributed by atoms with Gasteiger partial charge in [-0.3, -0.25) is 10.00 Å². The van der Waals surface area contributed by atoms with Gasteiger partial charge in [0, 0.05) is 24.9 Å². The molecule has 8 nitrogen and oxygen atoms in total. The predicted octanol–water partition coefficient (Wildman–Crippen LogP) is 1.71. The first-order valence-electron chi connectivity index (χ1n) is 7.17. The Labute approximate surface area is 131 Å². The van der Waals surface area contributed by atoms with E-state index in [-0.39, 0.29) is 18.2 Å². The molecular formula is C13H18N6O2S. The summed E-state index contributed by atoms with van der Waals surface area (Å²) in [5, 5.41) is 18.9. The largest absolute Gasteiger partial charge is 0.371 e. The first-order valence-corrected chi connectivity index (χ1v) is 7.99. The summed E-state index contributed by atoms with van der Waals surface area (Å²) >= 11 is 1.34. The molecule has 0 unspecified atom stereocenters. The fraction of sp³-hybridized carbons (Fsp3) is 0.538. The number of rotatable bonds is 4. The van der Waals surface area contributed by atoms with E-state index >= 15 is 0 Å². The third-order valence-electron chi connectivity index (χ3n) is 3.46. The van der Waals surface area contributed by atoms with Crippen LogP contribution in [-0.2, 0) is 11.3 Å². The van der Waals surface area contributed by atoms with Gasteiger partial charge >= 0.3 is 6.03 Å². The number of nitrogens with zero attached hydrogens (tertiary/aromatic N) is 4. The van der Waals surface area contributed by atoms with Gasteiger partial charge in [-0.15, -0.1) is 10.2 Å². The van der Waals surface area contributed by atoms with Crippen molar-refractivity contribution < 1.29 is 9.53 Å². The lowest BCUT2D eigenvalue weighted by Crippen LogP contribution is -2.39. The molecule has 2 N–H and O–H groups in total. The molecule has 2 aromatic heterocycles. The Morgan fingerprint density at radius 2 is 2.41 bits per heavy atom. The molecule has 1 aliphatic heterocycles. The monoisotopic (exact) mass is 322 g/mol. The van der Waals surface area contributed by atoms with Crippen molar-refractivity contribution in [2.24, 2.45) is 0 Å². The molecule has 0 radical (unpaired) electrons. The summed E-state index contributed by atoms with van der Waals surface area (Å²) in [5.41, 5.74) is 0.983. The van der Waals surface area contributed by atoms with Crippen molar-refractivity contribution in [2.75, 3.05) is 11.9 Å². The summed E-state index contributed by atoms with van der Waals surface area (Å²) in [6.45, 7) is 5.29. The van der Waals surface area contributed by atoms with Gasteiger partial charge in [0.1, 0.15) is 11.1 Å². The lowest BCUT2D eigenvalue weighted by atomic mass is 10.1. The molecule has 1 saturated heterocycles. The van der Waals surface area contributed by atoms with Crippen LogP contribution in [0, 0.1) is 6.92 Å². The van der Waals surface area contributed by atoms with Crippen LogP contribution in [-0.4, -0.2) is 38.7 Å². The maximum absolute atomic E-state index is 12.1. The molecule has 3 rings (SSSR count). The Morgan fingerprint density at radius 1 is 1.55 bits per heavy atom.